The summed E-state index contributed by atoms with van der Waals surface area (Å²) in [6.45, 7) is 13.1. The van der Waals surface area contributed by atoms with Gasteiger partial charge in [-0.1, -0.05) is 36.4 Å². The van der Waals surface area contributed by atoms with Crippen LogP contribution in [0.3, 0.4) is 0 Å². The minimum absolute atomic E-state index is 0. The Morgan fingerprint density at radius 3 is 1.69 bits per heavy atom. The van der Waals surface area contributed by atoms with Gasteiger partial charge in [-0.15, -0.1) is 39.7 Å². The molecule has 0 saturated carbocycles. The first-order valence-electron chi connectivity index (χ1n) is 10.6. The zero-order valence-corrected chi connectivity index (χ0v) is 24.9. The van der Waals surface area contributed by atoms with Crippen molar-refractivity contribution in [2.75, 3.05) is 0 Å². The van der Waals surface area contributed by atoms with E-state index in [1.165, 1.54) is 30.3 Å². The molecule has 0 aromatic heterocycles. The summed E-state index contributed by atoms with van der Waals surface area (Å²) >= 11 is 1.55. The van der Waals surface area contributed by atoms with Crippen molar-refractivity contribution in [1.29, 1.82) is 0 Å². The van der Waals surface area contributed by atoms with Gasteiger partial charge in [0.15, 0.2) is 8.32 Å². The van der Waals surface area contributed by atoms with Crippen LogP contribution < -0.4 is 24.8 Å². The average Bonchev–Trinajstić information content (AvgIpc) is 3.27. The number of fused-ring (bicyclic) bond motifs is 3. The summed E-state index contributed by atoms with van der Waals surface area (Å²) < 4.78 is 7.46. The van der Waals surface area contributed by atoms with E-state index in [1.54, 1.807) is 24.2 Å². The quantitative estimate of drug-likeness (QED) is 0.271. The van der Waals surface area contributed by atoms with E-state index in [4.69, 9.17) is 4.43 Å². The smallest absolute Gasteiger partial charge is 0.0771 e. The number of rotatable bonds is 4. The molecule has 0 saturated heterocycles. The molecule has 0 bridgehead atoms. The minimum atomic E-state index is -1.35. The average molecular weight is 565 g/mol. The Morgan fingerprint density at radius 1 is 0.875 bits per heavy atom. The molecule has 5 heteroatoms. The molecule has 0 amide bonds. The standard InChI is InChI=1S/C13H9.C11H19OSi.C3H6.2ClH.Zr/c1-3-7-12-10(5-1)9-11-6-2-4-8-13(11)12;1-10(12-13(2,3)4)9-11-7-5-6-8-11;1-3-2;;;/h1-9H;5-8,10H,9H2,1-4H3;1-2H3;2*1H;/q2*-1;;;;+2/p-2. The van der Waals surface area contributed by atoms with Crippen molar-refractivity contribution in [3.8, 4) is 0 Å². The zero-order chi connectivity index (χ0) is 22.1. The molecule has 0 spiro atoms. The summed E-state index contributed by atoms with van der Waals surface area (Å²) in [7, 11) is -1.35. The van der Waals surface area contributed by atoms with Crippen LogP contribution >= 0.6 is 0 Å². The fraction of sp³-hybridized carbons (Fsp3) is 0.296. The molecule has 4 aromatic carbocycles. The molecule has 1 atom stereocenters. The topological polar surface area (TPSA) is 9.23 Å². The number of benzene rings is 2. The second-order valence-electron chi connectivity index (χ2n) is 8.86. The first-order valence-corrected chi connectivity index (χ1v) is 15.2. The van der Waals surface area contributed by atoms with Gasteiger partial charge < -0.3 is 29.2 Å². The second kappa shape index (κ2) is 15.1. The maximum atomic E-state index is 5.95. The van der Waals surface area contributed by atoms with Crippen molar-refractivity contribution < 1.29 is 53.5 Å². The summed E-state index contributed by atoms with van der Waals surface area (Å²) in [6.07, 6.45) is 1.39. The van der Waals surface area contributed by atoms with E-state index in [2.05, 4.69) is 119 Å². The van der Waals surface area contributed by atoms with Crippen LogP contribution in [0.1, 0.15) is 26.3 Å². The van der Waals surface area contributed by atoms with E-state index in [1.807, 2.05) is 0 Å². The van der Waals surface area contributed by atoms with Gasteiger partial charge in [0.25, 0.3) is 0 Å². The molecule has 0 aliphatic heterocycles. The molecule has 0 aliphatic rings. The molecule has 1 unspecified atom stereocenters. The SMILES string of the molecule is CC(C[c-]1cccc1)O[Si](C)(C)C.C[C](C)=[Zr+2].[Cl-].[Cl-].c1ccc2c(c1)[cH-]c1ccccc12. The third kappa shape index (κ3) is 11.3. The van der Waals surface area contributed by atoms with Crippen molar-refractivity contribution in [2.45, 2.75) is 52.9 Å². The van der Waals surface area contributed by atoms with E-state index < -0.39 is 8.32 Å². The van der Waals surface area contributed by atoms with Crippen molar-refractivity contribution in [3.63, 3.8) is 0 Å². The molecule has 0 fully saturated rings. The third-order valence-corrected chi connectivity index (χ3v) is 5.44. The molecule has 4 rings (SSSR count). The molecule has 172 valence electrons. The van der Waals surface area contributed by atoms with Crippen LogP contribution in [0, 0.1) is 0 Å². The van der Waals surface area contributed by atoms with Crippen LogP contribution in [0.5, 0.6) is 0 Å². The number of hydrogen-bond acceptors (Lipinski definition) is 1. The van der Waals surface area contributed by atoms with E-state index in [0.717, 1.165) is 6.42 Å². The Labute approximate surface area is 222 Å². The van der Waals surface area contributed by atoms with Gasteiger partial charge in [-0.2, -0.15) is 17.7 Å². The van der Waals surface area contributed by atoms with Crippen LogP contribution in [0.2, 0.25) is 19.6 Å². The Bertz CT molecular complexity index is 994. The summed E-state index contributed by atoms with van der Waals surface area (Å²) in [5.74, 6) is 0. The third-order valence-electron chi connectivity index (χ3n) is 4.33. The maximum absolute atomic E-state index is 5.95. The van der Waals surface area contributed by atoms with Gasteiger partial charge >= 0.3 is 41.3 Å². The summed E-state index contributed by atoms with van der Waals surface area (Å²) in [6, 6.07) is 27.7. The molecular formula is C27H34Cl2OSiZr-2. The Kier molecular flexibility index (Phi) is 14.8. The van der Waals surface area contributed by atoms with Gasteiger partial charge in [0.2, 0.25) is 0 Å². The Balaban J connectivity index is 0.000000490. The molecule has 0 radical (unpaired) electrons. The van der Waals surface area contributed by atoms with Crippen LogP contribution in [0.25, 0.3) is 21.5 Å². The van der Waals surface area contributed by atoms with Crippen LogP contribution in [0.4, 0.5) is 0 Å². The van der Waals surface area contributed by atoms with Gasteiger partial charge in [0, 0.05) is 6.10 Å². The predicted molar refractivity (Wildman–Crippen MR) is 133 cm³/mol. The van der Waals surface area contributed by atoms with E-state index >= 15 is 0 Å². The Hall–Kier alpha value is -0.830. The van der Waals surface area contributed by atoms with Crippen molar-refractivity contribution in [2.24, 2.45) is 0 Å². The monoisotopic (exact) mass is 562 g/mol. The molecule has 32 heavy (non-hydrogen) atoms. The second-order valence-corrected chi connectivity index (χ2v) is 15.8. The summed E-state index contributed by atoms with van der Waals surface area (Å²) in [5.41, 5.74) is 1.38. The van der Waals surface area contributed by atoms with Gasteiger partial charge in [-0.3, -0.25) is 0 Å². The van der Waals surface area contributed by atoms with Crippen LogP contribution in [0.15, 0.2) is 78.9 Å². The van der Waals surface area contributed by atoms with Crippen molar-refractivity contribution in [3.05, 3.63) is 84.4 Å². The largest absolute Gasteiger partial charge is 1.00 e. The van der Waals surface area contributed by atoms with Gasteiger partial charge in [0.1, 0.15) is 0 Å². The van der Waals surface area contributed by atoms with E-state index in [9.17, 15) is 0 Å². The molecule has 0 N–H and O–H groups in total. The van der Waals surface area contributed by atoms with Crippen molar-refractivity contribution in [1.82, 2.24) is 0 Å². The van der Waals surface area contributed by atoms with Gasteiger partial charge in [-0.25, -0.2) is 12.1 Å². The van der Waals surface area contributed by atoms with Crippen LogP contribution in [-0.4, -0.2) is 17.6 Å². The molecular weight excluding hydrogens is 531 g/mol. The van der Waals surface area contributed by atoms with Gasteiger partial charge in [-0.05, 0) is 33.0 Å². The normalized spacial score (nSPS) is 11.2. The van der Waals surface area contributed by atoms with Crippen LogP contribution in [-0.2, 0) is 35.1 Å². The first kappa shape index (κ1) is 31.2. The van der Waals surface area contributed by atoms with Gasteiger partial charge in [0.05, 0.1) is 0 Å². The van der Waals surface area contributed by atoms with E-state index in [0.29, 0.717) is 6.10 Å². The van der Waals surface area contributed by atoms with Crippen molar-refractivity contribution >= 4 is 33.1 Å². The minimum Gasteiger partial charge on any atom is -1.00 e. The molecule has 0 heterocycles. The zero-order valence-electron chi connectivity index (χ0n) is 20.0. The maximum Gasteiger partial charge on any atom is -0.0771 e. The first-order chi connectivity index (χ1) is 14.2. The summed E-state index contributed by atoms with van der Waals surface area (Å²) in [4.78, 5) is 0. The molecule has 1 nitrogen and oxygen atoms in total. The van der Waals surface area contributed by atoms with E-state index in [-0.39, 0.29) is 24.8 Å². The molecule has 0 aliphatic carbocycles. The fourth-order valence-electron chi connectivity index (χ4n) is 3.43. The number of halogens is 2. The number of hydrogen-bond donors (Lipinski definition) is 0. The fourth-order valence-corrected chi connectivity index (χ4v) is 4.72. The predicted octanol–water partition coefficient (Wildman–Crippen LogP) is 1.65. The Morgan fingerprint density at radius 2 is 1.28 bits per heavy atom. The summed E-state index contributed by atoms with van der Waals surface area (Å²) in [5, 5.41) is 5.39. The molecule has 4 aromatic rings.